The van der Waals surface area contributed by atoms with E-state index in [9.17, 15) is 19.3 Å². The number of amides is 1. The van der Waals surface area contributed by atoms with Crippen LogP contribution in [0.1, 0.15) is 27.7 Å². The maximum atomic E-state index is 15.7. The number of benzene rings is 1. The van der Waals surface area contributed by atoms with Gasteiger partial charge < -0.3 is 29.3 Å². The Bertz CT molecular complexity index is 1340. The van der Waals surface area contributed by atoms with E-state index in [4.69, 9.17) is 18.5 Å². The van der Waals surface area contributed by atoms with Crippen LogP contribution in [0.15, 0.2) is 60.6 Å². The molecule has 1 aromatic heterocycles. The van der Waals surface area contributed by atoms with Crippen molar-refractivity contribution < 1.29 is 42.2 Å². The summed E-state index contributed by atoms with van der Waals surface area (Å²) in [5.41, 5.74) is 0.212. The number of ether oxygens (including phenoxy) is 2. The maximum absolute atomic E-state index is 15.7. The molecule has 0 saturated carbocycles. The van der Waals surface area contributed by atoms with Gasteiger partial charge in [-0.25, -0.2) is 8.96 Å². The first kappa shape index (κ1) is 30.8. The quantitative estimate of drug-likeness (QED) is 0.254. The molecular formula is C26H32FN4O8PS. The summed E-state index contributed by atoms with van der Waals surface area (Å²) in [6.07, 6.45) is -0.679. The Labute approximate surface area is 240 Å². The van der Waals surface area contributed by atoms with Crippen LogP contribution in [-0.4, -0.2) is 69.7 Å². The van der Waals surface area contributed by atoms with Gasteiger partial charge in [0.2, 0.25) is 0 Å². The minimum atomic E-state index is -4.34. The van der Waals surface area contributed by atoms with Crippen LogP contribution in [0.4, 0.5) is 4.39 Å². The number of aliphatic hydroxyl groups is 1. The number of rotatable bonds is 11. The average molecular weight is 611 g/mol. The Balaban J connectivity index is 1.51. The monoisotopic (exact) mass is 610 g/mol. The minimum absolute atomic E-state index is 0.0510. The summed E-state index contributed by atoms with van der Waals surface area (Å²) in [4.78, 5) is 30.2. The number of halogens is 1. The van der Waals surface area contributed by atoms with Crippen LogP contribution in [0, 0.1) is 0 Å². The Morgan fingerprint density at radius 1 is 1.37 bits per heavy atom. The first-order valence-electron chi connectivity index (χ1n) is 12.7. The zero-order chi connectivity index (χ0) is 29.9. The predicted molar refractivity (Wildman–Crippen MR) is 148 cm³/mol. The number of esters is 1. The van der Waals surface area contributed by atoms with E-state index in [2.05, 4.69) is 22.0 Å². The summed E-state index contributed by atoms with van der Waals surface area (Å²) in [5, 5.41) is 15.7. The van der Waals surface area contributed by atoms with Crippen LogP contribution in [0.2, 0.25) is 0 Å². The highest BCUT2D eigenvalue weighted by atomic mass is 32.1. The molecule has 12 nitrogen and oxygen atoms in total. The van der Waals surface area contributed by atoms with Crippen molar-refractivity contribution >= 4 is 31.0 Å². The molecule has 1 fully saturated rings. The Hall–Kier alpha value is -3.13. The molecule has 0 spiro atoms. The minimum Gasteiger partial charge on any atom is -0.462 e. The van der Waals surface area contributed by atoms with Crippen LogP contribution in [0.3, 0.4) is 0 Å². The summed E-state index contributed by atoms with van der Waals surface area (Å²) >= 11 is 1.45. The third-order valence-corrected chi connectivity index (χ3v) is 8.66. The molecular weight excluding hydrogens is 578 g/mol. The predicted octanol–water partition coefficient (Wildman–Crippen LogP) is 3.47. The van der Waals surface area contributed by atoms with Crippen molar-refractivity contribution in [1.29, 1.82) is 0 Å². The molecule has 0 bridgehead atoms. The van der Waals surface area contributed by atoms with Crippen molar-refractivity contribution in [2.24, 2.45) is 0 Å². The first-order chi connectivity index (χ1) is 19.3. The number of thiazole rings is 1. The molecule has 1 unspecified atom stereocenters. The summed E-state index contributed by atoms with van der Waals surface area (Å²) < 4.78 is 51.9. The third-order valence-electron chi connectivity index (χ3n) is 6.20. The van der Waals surface area contributed by atoms with Gasteiger partial charge in [-0.15, -0.1) is 11.3 Å². The van der Waals surface area contributed by atoms with Gasteiger partial charge in [-0.3, -0.25) is 19.1 Å². The lowest BCUT2D eigenvalue weighted by Gasteiger charge is -2.35. The summed E-state index contributed by atoms with van der Waals surface area (Å²) in [5.74, 6) is -0.932. The highest BCUT2D eigenvalue weighted by Crippen LogP contribution is 2.47. The van der Waals surface area contributed by atoms with Crippen LogP contribution in [0.25, 0.3) is 10.4 Å². The number of alkyl halides is 1. The molecule has 0 aliphatic carbocycles. The lowest BCUT2D eigenvalue weighted by Crippen LogP contribution is -2.51. The van der Waals surface area contributed by atoms with E-state index in [0.29, 0.717) is 0 Å². The van der Waals surface area contributed by atoms with Crippen molar-refractivity contribution in [2.45, 2.75) is 63.9 Å². The van der Waals surface area contributed by atoms with Gasteiger partial charge in [0, 0.05) is 18.5 Å². The van der Waals surface area contributed by atoms with Crippen molar-refractivity contribution in [3.8, 4) is 16.2 Å². The van der Waals surface area contributed by atoms with Crippen LogP contribution in [0.5, 0.6) is 5.75 Å². The molecule has 41 heavy (non-hydrogen) atoms. The maximum Gasteiger partial charge on any atom is 0.459 e. The van der Waals surface area contributed by atoms with Crippen LogP contribution in [-0.2, 0) is 28.2 Å². The number of carbonyl (C=O) groups is 2. The van der Waals surface area contributed by atoms with E-state index in [1.807, 2.05) is 0 Å². The highest BCUT2D eigenvalue weighted by Gasteiger charge is 2.57. The molecule has 0 radical (unpaired) electrons. The van der Waals surface area contributed by atoms with E-state index in [-0.39, 0.29) is 11.6 Å². The summed E-state index contributed by atoms with van der Waals surface area (Å²) in [6.45, 7) is 9.00. The second-order valence-electron chi connectivity index (χ2n) is 9.89. The van der Waals surface area contributed by atoms with Gasteiger partial charge in [0.1, 0.15) is 29.8 Å². The Morgan fingerprint density at radius 3 is 2.68 bits per heavy atom. The molecule has 2 aliphatic heterocycles. The highest BCUT2D eigenvalue weighted by molar-refractivity contribution is 7.52. The normalized spacial score (nSPS) is 26.5. The lowest BCUT2D eigenvalue weighted by atomic mass is 9.98. The second kappa shape index (κ2) is 12.4. The van der Waals surface area contributed by atoms with Gasteiger partial charge in [0.05, 0.1) is 23.1 Å². The molecule has 2 aromatic rings. The lowest BCUT2D eigenvalue weighted by molar-refractivity contribution is -0.149. The van der Waals surface area contributed by atoms with E-state index in [1.54, 1.807) is 49.8 Å². The summed E-state index contributed by atoms with van der Waals surface area (Å²) in [6, 6.07) is 5.51. The molecule has 6 atom stereocenters. The smallest absolute Gasteiger partial charge is 0.459 e. The number of nitrogens with one attached hydrogen (secondary N) is 2. The number of nitrogens with zero attached hydrogens (tertiary/aromatic N) is 2. The number of aliphatic hydroxyl groups excluding tert-OH is 1. The topological polar surface area (TPSA) is 149 Å². The number of hydrogen-bond acceptors (Lipinski definition) is 11. The SMILES string of the molecule is C=C1NC(=O)C=CN1[C@@H]1O[C@H](COP(=O)(N[C@@H](C)C(=O)OC(C)C)Oc2ccc(-c3cncs3)cc2)[C@@H](O)[C@@]1(C)F. The van der Waals surface area contributed by atoms with Gasteiger partial charge in [-0.2, -0.15) is 5.09 Å². The molecule has 3 N–H and O–H groups in total. The molecule has 1 amide bonds. The molecule has 15 heteroatoms. The van der Waals surface area contributed by atoms with E-state index < -0.39 is 62.5 Å². The largest absolute Gasteiger partial charge is 0.462 e. The van der Waals surface area contributed by atoms with Crippen molar-refractivity contribution in [3.05, 3.63) is 60.6 Å². The number of carbonyl (C=O) groups excluding carboxylic acids is 2. The van der Waals surface area contributed by atoms with Gasteiger partial charge in [-0.05, 0) is 57.5 Å². The standard InChI is InChI=1S/C26H32FN4O8PS/c1-15(2)37-24(34)16(3)30-40(35,39-19-8-6-18(7-9-19)21-12-28-14-41-21)36-13-20-23(33)26(5,27)25(38-20)31-11-10-22(32)29-17(31)4/h6-12,14-16,20,23,25,33H,4,13H2,1-3,5H3,(H,29,32)(H,30,35)/t16-,20+,23+,25+,26+,40?/m0/s1. The van der Waals surface area contributed by atoms with E-state index in [0.717, 1.165) is 23.4 Å². The van der Waals surface area contributed by atoms with Gasteiger partial charge in [-0.1, -0.05) is 6.58 Å². The van der Waals surface area contributed by atoms with Crippen LogP contribution >= 0.6 is 19.1 Å². The Kier molecular flexibility index (Phi) is 9.32. The first-order valence-corrected chi connectivity index (χ1v) is 15.1. The van der Waals surface area contributed by atoms with Crippen molar-refractivity contribution in [3.63, 3.8) is 0 Å². The van der Waals surface area contributed by atoms with Crippen molar-refractivity contribution in [1.82, 2.24) is 20.3 Å². The summed E-state index contributed by atoms with van der Waals surface area (Å²) in [7, 11) is -4.34. The molecule has 2 aliphatic rings. The fourth-order valence-electron chi connectivity index (χ4n) is 4.12. The average Bonchev–Trinajstić information content (AvgIpc) is 3.51. The molecule has 4 rings (SSSR count). The van der Waals surface area contributed by atoms with Crippen LogP contribution < -0.4 is 14.9 Å². The third kappa shape index (κ3) is 7.21. The molecule has 1 saturated heterocycles. The second-order valence-corrected chi connectivity index (χ2v) is 12.5. The fraction of sp³-hybridized carbons (Fsp3) is 0.423. The van der Waals surface area contributed by atoms with Gasteiger partial charge >= 0.3 is 13.7 Å². The zero-order valence-corrected chi connectivity index (χ0v) is 24.6. The van der Waals surface area contributed by atoms with E-state index in [1.165, 1.54) is 29.4 Å². The van der Waals surface area contributed by atoms with Gasteiger partial charge in [0.15, 0.2) is 11.9 Å². The number of hydrogen-bond donors (Lipinski definition) is 3. The number of aromatic nitrogens is 1. The van der Waals surface area contributed by atoms with Crippen molar-refractivity contribution in [2.75, 3.05) is 6.61 Å². The fourth-order valence-corrected chi connectivity index (χ4v) is 6.25. The van der Waals surface area contributed by atoms with Gasteiger partial charge in [0.25, 0.3) is 5.91 Å². The zero-order valence-electron chi connectivity index (χ0n) is 22.9. The Morgan fingerprint density at radius 2 is 2.07 bits per heavy atom. The molecule has 1 aromatic carbocycles. The molecule has 3 heterocycles. The van der Waals surface area contributed by atoms with E-state index >= 15 is 4.39 Å². The molecule has 222 valence electrons.